The number of rotatable bonds is 12. The highest BCUT2D eigenvalue weighted by atomic mass is 35.5. The molecule has 1 atom stereocenters. The van der Waals surface area contributed by atoms with Gasteiger partial charge in [0, 0.05) is 26.6 Å². The Bertz CT molecular complexity index is 1700. The quantitative estimate of drug-likeness (QED) is 0.201. The predicted octanol–water partition coefficient (Wildman–Crippen LogP) is 6.18. The molecule has 0 heterocycles. The van der Waals surface area contributed by atoms with Crippen molar-refractivity contribution in [2.45, 2.75) is 37.8 Å². The van der Waals surface area contributed by atoms with E-state index in [-0.39, 0.29) is 29.7 Å². The monoisotopic (exact) mass is 639 g/mol. The molecule has 0 saturated carbocycles. The summed E-state index contributed by atoms with van der Waals surface area (Å²) in [7, 11) is -2.66. The third-order valence-corrected chi connectivity index (χ3v) is 9.62. The number of nitrogens with zero attached hydrogens (tertiary/aromatic N) is 2. The maximum Gasteiger partial charge on any atom is 0.243 e. The maximum atomic E-state index is 14.1. The number of fused-ring (bicyclic) bond motifs is 1. The van der Waals surface area contributed by atoms with Gasteiger partial charge >= 0.3 is 0 Å². The van der Waals surface area contributed by atoms with Crippen LogP contribution < -0.4 is 5.32 Å². The van der Waals surface area contributed by atoms with Gasteiger partial charge in [0.2, 0.25) is 21.8 Å². The summed E-state index contributed by atoms with van der Waals surface area (Å²) >= 11 is 12.4. The Hall–Kier alpha value is -3.43. The van der Waals surface area contributed by atoms with Crippen molar-refractivity contribution in [3.05, 3.63) is 112 Å². The SMILES string of the molecule is CC(C)CNC(=O)C(Cc1ccccc1)N(Cc1ccc(Cl)c(Cl)c1)C(=O)CN(C)S(=O)(=O)c1ccc2ccccc2c1. The van der Waals surface area contributed by atoms with Crippen LogP contribution in [0.25, 0.3) is 10.8 Å². The van der Waals surface area contributed by atoms with E-state index in [0.717, 1.165) is 20.6 Å². The molecule has 0 aromatic heterocycles. The molecular weight excluding hydrogens is 605 g/mol. The van der Waals surface area contributed by atoms with E-state index < -0.39 is 28.5 Å². The number of carbonyl (C=O) groups excluding carboxylic acids is 2. The van der Waals surface area contributed by atoms with Crippen LogP contribution in [0.5, 0.6) is 0 Å². The van der Waals surface area contributed by atoms with Crippen molar-refractivity contribution >= 4 is 55.8 Å². The van der Waals surface area contributed by atoms with Gasteiger partial charge in [0.05, 0.1) is 21.5 Å². The minimum Gasteiger partial charge on any atom is -0.354 e. The largest absolute Gasteiger partial charge is 0.354 e. The van der Waals surface area contributed by atoms with Gasteiger partial charge in [-0.1, -0.05) is 104 Å². The molecule has 0 aliphatic carbocycles. The summed E-state index contributed by atoms with van der Waals surface area (Å²) in [6, 6.07) is 25.8. The number of carbonyl (C=O) groups is 2. The van der Waals surface area contributed by atoms with Gasteiger partial charge in [-0.2, -0.15) is 4.31 Å². The molecule has 2 amide bonds. The minimum atomic E-state index is -4.02. The standard InChI is InChI=1S/C33H35Cl2N3O4S/c1-23(2)20-36-33(40)31(18-24-9-5-4-6-10-24)38(21-25-13-16-29(34)30(35)17-25)32(39)22-37(3)43(41,42)28-15-14-26-11-7-8-12-27(26)19-28/h4-17,19,23,31H,18,20-22H2,1-3H3,(H,36,40). The van der Waals surface area contributed by atoms with Crippen LogP contribution in [0.2, 0.25) is 10.0 Å². The number of sulfonamides is 1. The second kappa shape index (κ2) is 14.4. The van der Waals surface area contributed by atoms with Gasteiger partial charge in [-0.3, -0.25) is 9.59 Å². The molecule has 0 aliphatic heterocycles. The van der Waals surface area contributed by atoms with Crippen molar-refractivity contribution in [3.63, 3.8) is 0 Å². The zero-order valence-electron chi connectivity index (χ0n) is 24.3. The van der Waals surface area contributed by atoms with Crippen LogP contribution in [0.3, 0.4) is 0 Å². The summed E-state index contributed by atoms with van der Waals surface area (Å²) in [6.07, 6.45) is 0.235. The van der Waals surface area contributed by atoms with Crippen molar-refractivity contribution in [1.82, 2.24) is 14.5 Å². The summed E-state index contributed by atoms with van der Waals surface area (Å²) in [4.78, 5) is 29.2. The molecule has 0 saturated heterocycles. The third-order valence-electron chi connectivity index (χ3n) is 7.08. The van der Waals surface area contributed by atoms with Gasteiger partial charge in [0.15, 0.2) is 0 Å². The van der Waals surface area contributed by atoms with Gasteiger partial charge in [0.1, 0.15) is 6.04 Å². The smallest absolute Gasteiger partial charge is 0.243 e. The highest BCUT2D eigenvalue weighted by Gasteiger charge is 2.33. The zero-order chi connectivity index (χ0) is 31.1. The van der Waals surface area contributed by atoms with Crippen molar-refractivity contribution in [2.75, 3.05) is 20.1 Å². The molecule has 0 spiro atoms. The van der Waals surface area contributed by atoms with Crippen molar-refractivity contribution < 1.29 is 18.0 Å². The summed E-state index contributed by atoms with van der Waals surface area (Å²) in [5, 5.41) is 5.31. The summed E-state index contributed by atoms with van der Waals surface area (Å²) in [5.41, 5.74) is 1.51. The van der Waals surface area contributed by atoms with E-state index in [1.807, 2.05) is 68.4 Å². The lowest BCUT2D eigenvalue weighted by Gasteiger charge is -2.33. The number of hydrogen-bond acceptors (Lipinski definition) is 4. The number of halogens is 2. The molecular formula is C33H35Cl2N3O4S. The molecule has 1 N–H and O–H groups in total. The molecule has 4 rings (SSSR count). The minimum absolute atomic E-state index is 0.0200. The molecule has 1 unspecified atom stereocenters. The molecule has 10 heteroatoms. The first-order chi connectivity index (χ1) is 20.5. The van der Waals surface area contributed by atoms with E-state index in [1.54, 1.807) is 30.3 Å². The topological polar surface area (TPSA) is 86.8 Å². The first-order valence-electron chi connectivity index (χ1n) is 14.0. The fraction of sp³-hybridized carbons (Fsp3) is 0.273. The zero-order valence-corrected chi connectivity index (χ0v) is 26.7. The fourth-order valence-corrected chi connectivity index (χ4v) is 6.16. The van der Waals surface area contributed by atoms with E-state index in [0.29, 0.717) is 22.2 Å². The Morgan fingerprint density at radius 2 is 1.49 bits per heavy atom. The molecule has 226 valence electrons. The van der Waals surface area contributed by atoms with E-state index in [4.69, 9.17) is 23.2 Å². The van der Waals surface area contributed by atoms with Crippen LogP contribution in [0.4, 0.5) is 0 Å². The van der Waals surface area contributed by atoms with Crippen LogP contribution in [-0.2, 0) is 32.6 Å². The van der Waals surface area contributed by atoms with Crippen LogP contribution in [-0.4, -0.2) is 55.6 Å². The number of amides is 2. The lowest BCUT2D eigenvalue weighted by Crippen LogP contribution is -2.53. The van der Waals surface area contributed by atoms with E-state index in [9.17, 15) is 18.0 Å². The van der Waals surface area contributed by atoms with Crippen LogP contribution in [0, 0.1) is 5.92 Å². The predicted molar refractivity (Wildman–Crippen MR) is 173 cm³/mol. The first kappa shape index (κ1) is 32.5. The lowest BCUT2D eigenvalue weighted by molar-refractivity contribution is -0.141. The summed E-state index contributed by atoms with van der Waals surface area (Å²) in [5.74, 6) is -0.664. The average Bonchev–Trinajstić information content (AvgIpc) is 2.99. The van der Waals surface area contributed by atoms with Gasteiger partial charge in [-0.05, 0) is 52.1 Å². The molecule has 43 heavy (non-hydrogen) atoms. The Balaban J connectivity index is 1.68. The van der Waals surface area contributed by atoms with Gasteiger partial charge in [-0.25, -0.2) is 8.42 Å². The van der Waals surface area contributed by atoms with Gasteiger partial charge < -0.3 is 10.2 Å². The Morgan fingerprint density at radius 3 is 2.16 bits per heavy atom. The first-order valence-corrected chi connectivity index (χ1v) is 16.2. The number of likely N-dealkylation sites (N-methyl/N-ethyl adjacent to an activating group) is 1. The van der Waals surface area contributed by atoms with Crippen LogP contribution in [0.1, 0.15) is 25.0 Å². The van der Waals surface area contributed by atoms with Gasteiger partial charge in [0.25, 0.3) is 0 Å². The highest BCUT2D eigenvalue weighted by molar-refractivity contribution is 7.89. The molecule has 0 aliphatic rings. The van der Waals surface area contributed by atoms with Gasteiger partial charge in [-0.15, -0.1) is 0 Å². The number of nitrogens with one attached hydrogen (secondary N) is 1. The van der Waals surface area contributed by atoms with Crippen molar-refractivity contribution in [1.29, 1.82) is 0 Å². The average molecular weight is 641 g/mol. The maximum absolute atomic E-state index is 14.1. The summed E-state index contributed by atoms with van der Waals surface area (Å²) in [6.45, 7) is 3.94. The summed E-state index contributed by atoms with van der Waals surface area (Å²) < 4.78 is 28.2. The van der Waals surface area contributed by atoms with Crippen molar-refractivity contribution in [3.8, 4) is 0 Å². The van der Waals surface area contributed by atoms with E-state index >= 15 is 0 Å². The number of hydrogen-bond donors (Lipinski definition) is 1. The Labute approximate surface area is 263 Å². The van der Waals surface area contributed by atoms with Crippen LogP contribution in [0.15, 0.2) is 95.9 Å². The van der Waals surface area contributed by atoms with Crippen LogP contribution >= 0.6 is 23.2 Å². The molecule has 0 fully saturated rings. The fourth-order valence-electron chi connectivity index (χ4n) is 4.69. The Kier molecular flexibility index (Phi) is 10.8. The normalized spacial score (nSPS) is 12.4. The van der Waals surface area contributed by atoms with E-state index in [1.165, 1.54) is 18.0 Å². The second-order valence-electron chi connectivity index (χ2n) is 10.9. The molecule has 0 bridgehead atoms. The second-order valence-corrected chi connectivity index (χ2v) is 13.7. The number of benzene rings is 4. The Morgan fingerprint density at radius 1 is 0.814 bits per heavy atom. The molecule has 4 aromatic rings. The lowest BCUT2D eigenvalue weighted by atomic mass is 10.0. The highest BCUT2D eigenvalue weighted by Crippen LogP contribution is 2.25. The van der Waals surface area contributed by atoms with E-state index in [2.05, 4.69) is 5.32 Å². The molecule has 4 aromatic carbocycles. The molecule has 0 radical (unpaired) electrons. The third kappa shape index (κ3) is 8.36. The van der Waals surface area contributed by atoms with Crippen molar-refractivity contribution in [2.24, 2.45) is 5.92 Å². The molecule has 7 nitrogen and oxygen atoms in total.